The van der Waals surface area contributed by atoms with Gasteiger partial charge in [-0.2, -0.15) is 0 Å². The number of hydrogen-bond donors (Lipinski definition) is 1. The predicted molar refractivity (Wildman–Crippen MR) is 76.5 cm³/mol. The van der Waals surface area contributed by atoms with Crippen LogP contribution < -0.4 is 0 Å². The average Bonchev–Trinajstić information content (AvgIpc) is 3.23. The molecule has 1 atom stereocenters. The molecule has 1 aliphatic carbocycles. The van der Waals surface area contributed by atoms with Crippen molar-refractivity contribution >= 4 is 12.0 Å². The molecule has 2 aliphatic rings. The smallest absolute Gasteiger partial charge is 0.320 e. The van der Waals surface area contributed by atoms with Crippen LogP contribution in [-0.2, 0) is 4.79 Å². The van der Waals surface area contributed by atoms with E-state index in [4.69, 9.17) is 5.11 Å². The van der Waals surface area contributed by atoms with E-state index in [0.29, 0.717) is 31.5 Å². The quantitative estimate of drug-likeness (QED) is 0.842. The minimum absolute atomic E-state index is 0.0547. The number of nitrogens with zero attached hydrogens (tertiary/aromatic N) is 2. The van der Waals surface area contributed by atoms with E-state index < -0.39 is 5.97 Å². The molecule has 0 aromatic rings. The highest BCUT2D eigenvalue weighted by molar-refractivity contribution is 5.77. The van der Waals surface area contributed by atoms with Gasteiger partial charge in [-0.3, -0.25) is 4.79 Å². The molecule has 1 aliphatic heterocycles. The van der Waals surface area contributed by atoms with Crippen LogP contribution in [0.25, 0.3) is 0 Å². The normalized spacial score (nSPS) is 22.9. The van der Waals surface area contributed by atoms with Crippen LogP contribution in [0.3, 0.4) is 0 Å². The van der Waals surface area contributed by atoms with Crippen LogP contribution >= 0.6 is 0 Å². The van der Waals surface area contributed by atoms with Gasteiger partial charge in [-0.15, -0.1) is 0 Å². The third kappa shape index (κ3) is 3.87. The van der Waals surface area contributed by atoms with Gasteiger partial charge in [0.05, 0.1) is 5.92 Å². The lowest BCUT2D eigenvalue weighted by molar-refractivity contribution is -0.143. The molecule has 2 fully saturated rings. The Hall–Kier alpha value is -1.26. The monoisotopic (exact) mass is 282 g/mol. The van der Waals surface area contributed by atoms with Crippen LogP contribution in [0, 0.1) is 11.8 Å². The molecule has 1 saturated carbocycles. The highest BCUT2D eigenvalue weighted by atomic mass is 16.4. The summed E-state index contributed by atoms with van der Waals surface area (Å²) in [7, 11) is 0. The zero-order valence-corrected chi connectivity index (χ0v) is 12.5. The van der Waals surface area contributed by atoms with E-state index in [1.807, 2.05) is 4.90 Å². The lowest BCUT2D eigenvalue weighted by Gasteiger charge is -2.35. The fraction of sp³-hybridized carbons (Fsp3) is 0.867. The van der Waals surface area contributed by atoms with Gasteiger partial charge in [0.2, 0.25) is 0 Å². The molecule has 1 unspecified atom stereocenters. The summed E-state index contributed by atoms with van der Waals surface area (Å²) in [6.07, 6.45) is 4.69. The van der Waals surface area contributed by atoms with Gasteiger partial charge < -0.3 is 14.9 Å². The lowest BCUT2D eigenvalue weighted by Crippen LogP contribution is -2.49. The minimum atomic E-state index is -0.775. The van der Waals surface area contributed by atoms with E-state index in [1.54, 1.807) is 4.90 Å². The Morgan fingerprint density at radius 1 is 1.30 bits per heavy atom. The molecule has 2 amide bonds. The largest absolute Gasteiger partial charge is 0.481 e. The van der Waals surface area contributed by atoms with Crippen molar-refractivity contribution in [3.05, 3.63) is 0 Å². The molecule has 20 heavy (non-hydrogen) atoms. The average molecular weight is 282 g/mol. The van der Waals surface area contributed by atoms with Crippen molar-refractivity contribution in [2.45, 2.75) is 52.0 Å². The number of rotatable bonds is 5. The first-order valence-electron chi connectivity index (χ1n) is 7.77. The number of carbonyl (C=O) groups is 2. The Balaban J connectivity index is 1.94. The summed E-state index contributed by atoms with van der Waals surface area (Å²) in [5, 5.41) is 9.12. The number of carboxylic acids is 1. The predicted octanol–water partition coefficient (Wildman–Crippen LogP) is 2.41. The van der Waals surface area contributed by atoms with Gasteiger partial charge in [0.1, 0.15) is 0 Å². The van der Waals surface area contributed by atoms with Crippen molar-refractivity contribution in [3.63, 3.8) is 0 Å². The topological polar surface area (TPSA) is 60.9 Å². The van der Waals surface area contributed by atoms with Crippen LogP contribution in [-0.4, -0.2) is 52.6 Å². The number of piperidine rings is 1. The van der Waals surface area contributed by atoms with Gasteiger partial charge in [-0.1, -0.05) is 13.8 Å². The van der Waals surface area contributed by atoms with Crippen LogP contribution in [0.15, 0.2) is 0 Å². The van der Waals surface area contributed by atoms with Crippen molar-refractivity contribution in [1.82, 2.24) is 9.80 Å². The fourth-order valence-corrected chi connectivity index (χ4v) is 2.75. The highest BCUT2D eigenvalue weighted by Crippen LogP contribution is 2.29. The van der Waals surface area contributed by atoms with Gasteiger partial charge in [-0.25, -0.2) is 4.79 Å². The standard InChI is InChI=1S/C15H26N2O3/c1-11(2)7-9-17(13-5-6-13)15(20)16-8-3-4-12(10-16)14(18)19/h11-13H,3-10H2,1-2H3,(H,18,19). The maximum atomic E-state index is 12.6. The second kappa shape index (κ2) is 6.46. The van der Waals surface area contributed by atoms with Crippen LogP contribution in [0.2, 0.25) is 0 Å². The van der Waals surface area contributed by atoms with Crippen LogP contribution in [0.4, 0.5) is 4.79 Å². The maximum absolute atomic E-state index is 12.6. The molecule has 114 valence electrons. The summed E-state index contributed by atoms with van der Waals surface area (Å²) in [6.45, 7) is 6.20. The number of carboxylic acid groups (broad SMARTS) is 1. The fourth-order valence-electron chi connectivity index (χ4n) is 2.75. The lowest BCUT2D eigenvalue weighted by atomic mass is 9.98. The molecule has 1 saturated heterocycles. The first kappa shape index (κ1) is 15.1. The van der Waals surface area contributed by atoms with E-state index in [1.165, 1.54) is 0 Å². The highest BCUT2D eigenvalue weighted by Gasteiger charge is 2.37. The summed E-state index contributed by atoms with van der Waals surface area (Å²) in [5.74, 6) is -0.585. The van der Waals surface area contributed by atoms with Gasteiger partial charge >= 0.3 is 12.0 Å². The molecule has 0 radical (unpaired) electrons. The Labute approximate surface area is 120 Å². The van der Waals surface area contributed by atoms with Crippen LogP contribution in [0.5, 0.6) is 0 Å². The molecule has 0 bridgehead atoms. The van der Waals surface area contributed by atoms with Crippen molar-refractivity contribution < 1.29 is 14.7 Å². The zero-order valence-electron chi connectivity index (χ0n) is 12.5. The maximum Gasteiger partial charge on any atom is 0.320 e. The Morgan fingerprint density at radius 3 is 2.55 bits per heavy atom. The number of hydrogen-bond acceptors (Lipinski definition) is 2. The van der Waals surface area contributed by atoms with Gasteiger partial charge in [0.25, 0.3) is 0 Å². The first-order chi connectivity index (χ1) is 9.49. The summed E-state index contributed by atoms with van der Waals surface area (Å²) in [4.78, 5) is 27.4. The molecule has 5 heteroatoms. The first-order valence-corrected chi connectivity index (χ1v) is 7.77. The second-order valence-electron chi connectivity index (χ2n) is 6.51. The number of likely N-dealkylation sites (tertiary alicyclic amines) is 1. The molecule has 0 aromatic heterocycles. The molecular weight excluding hydrogens is 256 g/mol. The third-order valence-corrected chi connectivity index (χ3v) is 4.22. The molecule has 5 nitrogen and oxygen atoms in total. The molecular formula is C15H26N2O3. The molecule has 1 N–H and O–H groups in total. The summed E-state index contributed by atoms with van der Waals surface area (Å²) >= 11 is 0. The van der Waals surface area contributed by atoms with Crippen molar-refractivity contribution in [3.8, 4) is 0 Å². The van der Waals surface area contributed by atoms with Crippen molar-refractivity contribution in [1.29, 1.82) is 0 Å². The van der Waals surface area contributed by atoms with Gasteiger partial charge in [0.15, 0.2) is 0 Å². The van der Waals surface area contributed by atoms with Crippen LogP contribution in [0.1, 0.15) is 46.0 Å². The Bertz CT molecular complexity index is 366. The van der Waals surface area contributed by atoms with Gasteiger partial charge in [-0.05, 0) is 38.0 Å². The summed E-state index contributed by atoms with van der Waals surface area (Å²) < 4.78 is 0. The third-order valence-electron chi connectivity index (χ3n) is 4.22. The van der Waals surface area contributed by atoms with E-state index in [2.05, 4.69) is 13.8 Å². The van der Waals surface area contributed by atoms with E-state index in [-0.39, 0.29) is 11.9 Å². The zero-order chi connectivity index (χ0) is 14.7. The molecule has 0 aromatic carbocycles. The van der Waals surface area contributed by atoms with E-state index >= 15 is 0 Å². The SMILES string of the molecule is CC(C)CCN(C(=O)N1CCCC(C(=O)O)C1)C1CC1. The summed E-state index contributed by atoms with van der Waals surface area (Å²) in [6, 6.07) is 0.450. The molecule has 1 heterocycles. The van der Waals surface area contributed by atoms with E-state index in [9.17, 15) is 9.59 Å². The minimum Gasteiger partial charge on any atom is -0.481 e. The molecule has 2 rings (SSSR count). The molecule has 0 spiro atoms. The number of aliphatic carboxylic acids is 1. The Morgan fingerprint density at radius 2 is 2.00 bits per heavy atom. The number of urea groups is 1. The Kier molecular flexibility index (Phi) is 4.89. The van der Waals surface area contributed by atoms with Crippen molar-refractivity contribution in [2.24, 2.45) is 11.8 Å². The summed E-state index contributed by atoms with van der Waals surface area (Å²) in [5.41, 5.74) is 0. The number of carbonyl (C=O) groups excluding carboxylic acids is 1. The van der Waals surface area contributed by atoms with E-state index in [0.717, 1.165) is 32.2 Å². The van der Waals surface area contributed by atoms with Gasteiger partial charge in [0, 0.05) is 25.7 Å². The number of amides is 2. The van der Waals surface area contributed by atoms with Crippen molar-refractivity contribution in [2.75, 3.05) is 19.6 Å². The second-order valence-corrected chi connectivity index (χ2v) is 6.51.